The van der Waals surface area contributed by atoms with E-state index in [0.717, 1.165) is 21.1 Å². The Morgan fingerprint density at radius 1 is 1.47 bits per heavy atom. The van der Waals surface area contributed by atoms with Crippen molar-refractivity contribution in [1.82, 2.24) is 4.98 Å². The zero-order valence-corrected chi connectivity index (χ0v) is 10.5. The highest BCUT2D eigenvalue weighted by Gasteiger charge is 2.06. The van der Waals surface area contributed by atoms with Gasteiger partial charge in [0.05, 0.1) is 21.6 Å². The summed E-state index contributed by atoms with van der Waals surface area (Å²) in [5, 5.41) is 1.62. The number of rotatable bonds is 2. The van der Waals surface area contributed by atoms with Gasteiger partial charge in [0.1, 0.15) is 5.75 Å². The molecular weight excluding hydrogens is 277 g/mol. The largest absolute Gasteiger partial charge is 0.493 e. The van der Waals surface area contributed by atoms with Crippen molar-refractivity contribution in [3.8, 4) is 5.75 Å². The molecule has 0 spiro atoms. The van der Waals surface area contributed by atoms with Crippen molar-refractivity contribution in [2.75, 3.05) is 6.61 Å². The molecule has 15 heavy (non-hydrogen) atoms. The molecule has 0 aliphatic rings. The third kappa shape index (κ3) is 2.08. The molecule has 0 amide bonds. The number of halogens is 2. The Balaban J connectivity index is 2.65. The van der Waals surface area contributed by atoms with Crippen molar-refractivity contribution in [3.63, 3.8) is 0 Å². The minimum absolute atomic E-state index is 0.630. The first-order chi connectivity index (χ1) is 7.22. The summed E-state index contributed by atoms with van der Waals surface area (Å²) in [6, 6.07) is 5.58. The van der Waals surface area contributed by atoms with Gasteiger partial charge in [-0.1, -0.05) is 11.6 Å². The van der Waals surface area contributed by atoms with E-state index >= 15 is 0 Å². The average molecular weight is 287 g/mol. The van der Waals surface area contributed by atoms with E-state index < -0.39 is 0 Å². The Hall–Kier alpha value is -0.800. The minimum atomic E-state index is 0.630. The number of hydrogen-bond donors (Lipinski definition) is 0. The van der Waals surface area contributed by atoms with Crippen LogP contribution < -0.4 is 4.74 Å². The lowest BCUT2D eigenvalue weighted by atomic mass is 10.2. The molecule has 0 fully saturated rings. The van der Waals surface area contributed by atoms with Crippen LogP contribution in [0.15, 0.2) is 28.9 Å². The monoisotopic (exact) mass is 285 g/mol. The summed E-state index contributed by atoms with van der Waals surface area (Å²) in [7, 11) is 0. The molecule has 1 aromatic heterocycles. The molecule has 0 unspecified atom stereocenters. The highest BCUT2D eigenvalue weighted by molar-refractivity contribution is 9.10. The van der Waals surface area contributed by atoms with Gasteiger partial charge in [0.15, 0.2) is 0 Å². The quantitative estimate of drug-likeness (QED) is 0.831. The molecule has 0 atom stereocenters. The Labute approximate surface area is 101 Å². The molecule has 2 rings (SSSR count). The molecule has 0 bridgehead atoms. The molecule has 0 N–H and O–H groups in total. The normalized spacial score (nSPS) is 10.6. The molecule has 0 aliphatic heterocycles. The lowest BCUT2D eigenvalue weighted by Crippen LogP contribution is -1.93. The van der Waals surface area contributed by atoms with E-state index in [1.807, 2.05) is 19.1 Å². The molecule has 0 saturated carbocycles. The number of aromatic nitrogens is 1. The van der Waals surface area contributed by atoms with E-state index in [2.05, 4.69) is 20.9 Å². The summed E-state index contributed by atoms with van der Waals surface area (Å²) >= 11 is 9.50. The highest BCUT2D eigenvalue weighted by atomic mass is 79.9. The van der Waals surface area contributed by atoms with E-state index in [1.54, 1.807) is 12.3 Å². The van der Waals surface area contributed by atoms with Crippen LogP contribution in [0.5, 0.6) is 5.75 Å². The van der Waals surface area contributed by atoms with Crippen molar-refractivity contribution in [2.24, 2.45) is 0 Å². The summed E-state index contributed by atoms with van der Waals surface area (Å²) in [4.78, 5) is 4.24. The van der Waals surface area contributed by atoms with E-state index in [9.17, 15) is 0 Å². The third-order valence-electron chi connectivity index (χ3n) is 2.04. The van der Waals surface area contributed by atoms with Crippen molar-refractivity contribution < 1.29 is 4.74 Å². The maximum absolute atomic E-state index is 6.06. The van der Waals surface area contributed by atoms with Crippen LogP contribution in [0, 0.1) is 0 Å². The van der Waals surface area contributed by atoms with Crippen LogP contribution in [0.2, 0.25) is 5.02 Å². The summed E-state index contributed by atoms with van der Waals surface area (Å²) in [6.07, 6.45) is 1.69. The van der Waals surface area contributed by atoms with Crippen molar-refractivity contribution in [1.29, 1.82) is 0 Å². The number of nitrogens with zero attached hydrogens (tertiary/aromatic N) is 1. The second kappa shape index (κ2) is 4.37. The fourth-order valence-electron chi connectivity index (χ4n) is 1.38. The maximum atomic E-state index is 6.06. The molecule has 1 heterocycles. The second-order valence-corrected chi connectivity index (χ2v) is 4.29. The molecule has 4 heteroatoms. The van der Waals surface area contributed by atoms with Crippen LogP contribution in [-0.4, -0.2) is 11.6 Å². The van der Waals surface area contributed by atoms with E-state index in [-0.39, 0.29) is 0 Å². The Kier molecular flexibility index (Phi) is 3.12. The third-order valence-corrected chi connectivity index (χ3v) is 2.99. The highest BCUT2D eigenvalue weighted by Crippen LogP contribution is 2.32. The van der Waals surface area contributed by atoms with Gasteiger partial charge < -0.3 is 4.74 Å². The lowest BCUT2D eigenvalue weighted by Gasteiger charge is -2.07. The zero-order chi connectivity index (χ0) is 10.8. The molecule has 0 saturated heterocycles. The number of fused-ring (bicyclic) bond motifs is 1. The number of ether oxygens (including phenoxy) is 1. The Morgan fingerprint density at radius 2 is 2.27 bits per heavy atom. The maximum Gasteiger partial charge on any atom is 0.135 e. The van der Waals surface area contributed by atoms with Gasteiger partial charge in [-0.05, 0) is 35.0 Å². The number of benzene rings is 1. The molecule has 2 aromatic rings. The second-order valence-electron chi connectivity index (χ2n) is 3.03. The van der Waals surface area contributed by atoms with Gasteiger partial charge in [-0.3, -0.25) is 4.98 Å². The molecule has 2 nitrogen and oxygen atoms in total. The van der Waals surface area contributed by atoms with Crippen LogP contribution >= 0.6 is 27.5 Å². The van der Waals surface area contributed by atoms with Crippen LogP contribution in [0.4, 0.5) is 0 Å². The van der Waals surface area contributed by atoms with Gasteiger partial charge in [0.2, 0.25) is 0 Å². The zero-order valence-electron chi connectivity index (χ0n) is 8.13. The summed E-state index contributed by atoms with van der Waals surface area (Å²) in [5.41, 5.74) is 0.842. The standard InChI is InChI=1S/C11H9BrClNO/c1-2-15-11-6-10-7(5-8(11)12)9(13)3-4-14-10/h3-6H,2H2,1H3. The summed E-state index contributed by atoms with van der Waals surface area (Å²) in [5.74, 6) is 0.791. The first-order valence-electron chi connectivity index (χ1n) is 4.59. The van der Waals surface area contributed by atoms with Gasteiger partial charge >= 0.3 is 0 Å². The van der Waals surface area contributed by atoms with Crippen molar-refractivity contribution >= 4 is 38.4 Å². The van der Waals surface area contributed by atoms with Gasteiger partial charge in [0.25, 0.3) is 0 Å². The van der Waals surface area contributed by atoms with Gasteiger partial charge in [-0.2, -0.15) is 0 Å². The predicted molar refractivity (Wildman–Crippen MR) is 65.6 cm³/mol. The Morgan fingerprint density at radius 3 is 3.00 bits per heavy atom. The van der Waals surface area contributed by atoms with E-state index in [4.69, 9.17) is 16.3 Å². The fourth-order valence-corrected chi connectivity index (χ4v) is 2.05. The number of pyridine rings is 1. The molecule has 0 radical (unpaired) electrons. The van der Waals surface area contributed by atoms with Gasteiger partial charge in [-0.25, -0.2) is 0 Å². The van der Waals surface area contributed by atoms with Crippen molar-refractivity contribution in [3.05, 3.63) is 33.9 Å². The predicted octanol–water partition coefficient (Wildman–Crippen LogP) is 4.05. The van der Waals surface area contributed by atoms with E-state index in [1.165, 1.54) is 0 Å². The van der Waals surface area contributed by atoms with E-state index in [0.29, 0.717) is 11.6 Å². The average Bonchev–Trinajstić information content (AvgIpc) is 2.21. The van der Waals surface area contributed by atoms with Crippen molar-refractivity contribution in [2.45, 2.75) is 6.92 Å². The number of hydrogen-bond acceptors (Lipinski definition) is 2. The SMILES string of the molecule is CCOc1cc2nccc(Cl)c2cc1Br. The fraction of sp³-hybridized carbons (Fsp3) is 0.182. The summed E-state index contributed by atoms with van der Waals surface area (Å²) < 4.78 is 6.35. The molecule has 78 valence electrons. The first-order valence-corrected chi connectivity index (χ1v) is 5.76. The summed E-state index contributed by atoms with van der Waals surface area (Å²) in [6.45, 7) is 2.58. The first kappa shape index (κ1) is 10.7. The van der Waals surface area contributed by atoms with Crippen LogP contribution in [0.25, 0.3) is 10.9 Å². The minimum Gasteiger partial charge on any atom is -0.493 e. The lowest BCUT2D eigenvalue weighted by molar-refractivity contribution is 0.338. The van der Waals surface area contributed by atoms with Gasteiger partial charge in [0, 0.05) is 17.6 Å². The van der Waals surface area contributed by atoms with Gasteiger partial charge in [-0.15, -0.1) is 0 Å². The Bertz CT molecular complexity index is 501. The molecule has 1 aromatic carbocycles. The molecule has 0 aliphatic carbocycles. The van der Waals surface area contributed by atoms with Crippen LogP contribution in [-0.2, 0) is 0 Å². The topological polar surface area (TPSA) is 22.1 Å². The smallest absolute Gasteiger partial charge is 0.135 e. The van der Waals surface area contributed by atoms with Crippen LogP contribution in [0.3, 0.4) is 0 Å². The van der Waals surface area contributed by atoms with Crippen LogP contribution in [0.1, 0.15) is 6.92 Å². The molecular formula is C11H9BrClNO.